The van der Waals surface area contributed by atoms with Crippen molar-refractivity contribution < 1.29 is 31.4 Å². The molecule has 0 radical (unpaired) electrons. The lowest BCUT2D eigenvalue weighted by molar-refractivity contribution is -0.284. The van der Waals surface area contributed by atoms with Crippen LogP contribution in [-0.4, -0.2) is 31.6 Å². The number of hydrogen-bond acceptors (Lipinski definition) is 2. The van der Waals surface area contributed by atoms with Crippen LogP contribution in [0.4, 0.5) is 22.0 Å². The molecule has 7 heteroatoms. The third-order valence-corrected chi connectivity index (χ3v) is 4.74. The van der Waals surface area contributed by atoms with Crippen LogP contribution in [0, 0.1) is 0 Å². The minimum Gasteiger partial charge on any atom is -0.353 e. The van der Waals surface area contributed by atoms with E-state index in [2.05, 4.69) is 0 Å². The molecule has 1 unspecified atom stereocenters. The van der Waals surface area contributed by atoms with Crippen molar-refractivity contribution in [3.05, 3.63) is 0 Å². The van der Waals surface area contributed by atoms with E-state index >= 15 is 0 Å². The van der Waals surface area contributed by atoms with Crippen LogP contribution in [0.2, 0.25) is 0 Å². The van der Waals surface area contributed by atoms with Crippen LogP contribution in [0.1, 0.15) is 89.9 Å². The van der Waals surface area contributed by atoms with Crippen LogP contribution in [0.25, 0.3) is 0 Å². The van der Waals surface area contributed by atoms with Crippen molar-refractivity contribution in [2.45, 2.75) is 108 Å². The number of halogens is 5. The first-order valence-electron chi connectivity index (χ1n) is 10.0. The van der Waals surface area contributed by atoms with Gasteiger partial charge >= 0.3 is 12.1 Å². The first-order valence-corrected chi connectivity index (χ1v) is 10.0. The molecule has 1 aliphatic heterocycles. The summed E-state index contributed by atoms with van der Waals surface area (Å²) in [6, 6.07) is 0. The molecule has 1 saturated heterocycles. The van der Waals surface area contributed by atoms with Gasteiger partial charge in [0.1, 0.15) is 0 Å². The topological polar surface area (TPSA) is 18.5 Å². The van der Waals surface area contributed by atoms with E-state index < -0.39 is 18.5 Å². The largest absolute Gasteiger partial charge is 0.453 e. The van der Waals surface area contributed by atoms with Crippen molar-refractivity contribution in [2.24, 2.45) is 0 Å². The molecular formula is C19H33F5O2. The van der Waals surface area contributed by atoms with E-state index in [9.17, 15) is 22.0 Å². The predicted molar refractivity (Wildman–Crippen MR) is 91.3 cm³/mol. The van der Waals surface area contributed by atoms with E-state index in [-0.39, 0.29) is 12.7 Å². The molecule has 1 atom stereocenters. The summed E-state index contributed by atoms with van der Waals surface area (Å²) in [4.78, 5) is 0. The molecule has 0 bridgehead atoms. The molecule has 26 heavy (non-hydrogen) atoms. The molecule has 156 valence electrons. The Morgan fingerprint density at radius 2 is 1.27 bits per heavy atom. The minimum absolute atomic E-state index is 0.0140. The Balaban J connectivity index is 1.79. The zero-order valence-corrected chi connectivity index (χ0v) is 15.6. The van der Waals surface area contributed by atoms with Gasteiger partial charge < -0.3 is 9.47 Å². The average molecular weight is 388 g/mol. The lowest BCUT2D eigenvalue weighted by Crippen LogP contribution is -2.36. The highest BCUT2D eigenvalue weighted by atomic mass is 19.4. The molecule has 0 N–H and O–H groups in total. The summed E-state index contributed by atoms with van der Waals surface area (Å²) in [6.07, 6.45) is 5.31. The highest BCUT2D eigenvalue weighted by Gasteiger charge is 2.56. The molecule has 0 aromatic heterocycles. The molecule has 0 aliphatic carbocycles. The fraction of sp³-hybridized carbons (Fsp3) is 1.00. The summed E-state index contributed by atoms with van der Waals surface area (Å²) in [5, 5.41) is 0. The van der Waals surface area contributed by atoms with Crippen LogP contribution < -0.4 is 0 Å². The van der Waals surface area contributed by atoms with Gasteiger partial charge in [0.15, 0.2) is 6.29 Å². The number of hydrogen-bond donors (Lipinski definition) is 0. The maximum atomic E-state index is 12.7. The number of unbranched alkanes of at least 4 members (excludes halogenated alkanes) is 9. The molecule has 0 saturated carbocycles. The van der Waals surface area contributed by atoms with Gasteiger partial charge in [0.25, 0.3) is 0 Å². The molecular weight excluding hydrogens is 355 g/mol. The van der Waals surface area contributed by atoms with Gasteiger partial charge in [0.2, 0.25) is 0 Å². The normalized spacial score (nSPS) is 19.0. The first kappa shape index (κ1) is 23.6. The Hall–Kier alpha value is -0.430. The van der Waals surface area contributed by atoms with Crippen LogP contribution in [0.3, 0.4) is 0 Å². The molecule has 0 amide bonds. The molecule has 1 fully saturated rings. The van der Waals surface area contributed by atoms with Crippen molar-refractivity contribution in [1.29, 1.82) is 0 Å². The quantitative estimate of drug-likeness (QED) is 0.235. The molecule has 0 spiro atoms. The molecule has 0 aromatic carbocycles. The fourth-order valence-electron chi connectivity index (χ4n) is 3.06. The van der Waals surface area contributed by atoms with Crippen LogP contribution in [-0.2, 0) is 9.47 Å². The van der Waals surface area contributed by atoms with Crippen molar-refractivity contribution in [2.75, 3.05) is 13.2 Å². The summed E-state index contributed by atoms with van der Waals surface area (Å²) < 4.78 is 72.5. The van der Waals surface area contributed by atoms with Crippen LogP contribution in [0.15, 0.2) is 0 Å². The lowest BCUT2D eigenvalue weighted by atomic mass is 10.0. The van der Waals surface area contributed by atoms with E-state index in [0.29, 0.717) is 6.42 Å². The Morgan fingerprint density at radius 3 is 1.77 bits per heavy atom. The summed E-state index contributed by atoms with van der Waals surface area (Å²) in [6.45, 7) is 1.54. The van der Waals surface area contributed by atoms with Crippen LogP contribution >= 0.6 is 0 Å². The van der Waals surface area contributed by atoms with Gasteiger partial charge in [0, 0.05) is 19.6 Å². The van der Waals surface area contributed by atoms with Crippen LogP contribution in [0.5, 0.6) is 0 Å². The second-order valence-electron chi connectivity index (χ2n) is 7.15. The summed E-state index contributed by atoms with van der Waals surface area (Å²) in [7, 11) is 0. The summed E-state index contributed by atoms with van der Waals surface area (Å²) in [5.41, 5.74) is 0. The van der Waals surface area contributed by atoms with E-state index in [0.717, 1.165) is 77.4 Å². The average Bonchev–Trinajstić information content (AvgIpc) is 2.59. The monoisotopic (exact) mass is 388 g/mol. The van der Waals surface area contributed by atoms with E-state index in [1.165, 1.54) is 6.42 Å². The van der Waals surface area contributed by atoms with Crippen molar-refractivity contribution in [1.82, 2.24) is 0 Å². The molecule has 2 nitrogen and oxygen atoms in total. The third kappa shape index (κ3) is 10.7. The maximum absolute atomic E-state index is 12.7. The third-order valence-electron chi connectivity index (χ3n) is 4.74. The predicted octanol–water partition coefficient (Wildman–Crippen LogP) is 7.02. The zero-order valence-electron chi connectivity index (χ0n) is 15.6. The van der Waals surface area contributed by atoms with E-state index in [1.54, 1.807) is 0 Å². The van der Waals surface area contributed by atoms with Crippen molar-refractivity contribution in [3.8, 4) is 0 Å². The Bertz CT molecular complexity index is 341. The Morgan fingerprint density at radius 1 is 0.731 bits per heavy atom. The maximum Gasteiger partial charge on any atom is 0.453 e. The second kappa shape index (κ2) is 12.9. The standard InChI is InChI=1S/C19H33F5O2/c20-18(21,19(22,23)24)14-10-7-5-3-1-2-4-6-8-11-15-25-17-13-9-12-16-26-17/h17H,1-16H2. The Kier molecular flexibility index (Phi) is 11.7. The number of ether oxygens (including phenoxy) is 2. The second-order valence-corrected chi connectivity index (χ2v) is 7.15. The van der Waals surface area contributed by atoms with E-state index in [4.69, 9.17) is 9.47 Å². The Labute approximate surface area is 153 Å². The molecule has 1 rings (SSSR count). The number of alkyl halides is 5. The molecule has 0 aromatic rings. The highest BCUT2D eigenvalue weighted by Crippen LogP contribution is 2.39. The van der Waals surface area contributed by atoms with Crippen molar-refractivity contribution in [3.63, 3.8) is 0 Å². The molecule has 1 aliphatic rings. The fourth-order valence-corrected chi connectivity index (χ4v) is 3.06. The zero-order chi connectivity index (χ0) is 19.3. The van der Waals surface area contributed by atoms with Gasteiger partial charge in [-0.15, -0.1) is 0 Å². The van der Waals surface area contributed by atoms with Gasteiger partial charge in [-0.05, 0) is 32.1 Å². The first-order chi connectivity index (χ1) is 12.3. The SMILES string of the molecule is FC(F)(F)C(F)(F)CCCCCCCCCCCCOC1CCCCO1. The lowest BCUT2D eigenvalue weighted by Gasteiger charge is -2.22. The van der Waals surface area contributed by atoms with E-state index in [1.807, 2.05) is 0 Å². The van der Waals surface area contributed by atoms with Gasteiger partial charge in [-0.25, -0.2) is 0 Å². The summed E-state index contributed by atoms with van der Waals surface area (Å²) >= 11 is 0. The van der Waals surface area contributed by atoms with Gasteiger partial charge in [-0.2, -0.15) is 22.0 Å². The van der Waals surface area contributed by atoms with Gasteiger partial charge in [-0.1, -0.05) is 51.4 Å². The molecule has 1 heterocycles. The summed E-state index contributed by atoms with van der Waals surface area (Å²) in [5.74, 6) is -4.54. The van der Waals surface area contributed by atoms with Crippen molar-refractivity contribution >= 4 is 0 Å². The van der Waals surface area contributed by atoms with Gasteiger partial charge in [-0.3, -0.25) is 0 Å². The minimum atomic E-state index is -5.42. The highest BCUT2D eigenvalue weighted by molar-refractivity contribution is 4.75. The number of rotatable bonds is 14. The smallest absolute Gasteiger partial charge is 0.353 e. The van der Waals surface area contributed by atoms with Gasteiger partial charge in [0.05, 0.1) is 0 Å².